The van der Waals surface area contributed by atoms with Crippen LogP contribution in [0.4, 0.5) is 0 Å². The topological polar surface area (TPSA) is 87.1 Å². The van der Waals surface area contributed by atoms with Crippen LogP contribution < -0.4 is 4.74 Å². The van der Waals surface area contributed by atoms with Gasteiger partial charge in [-0.3, -0.25) is 4.79 Å². The van der Waals surface area contributed by atoms with Crippen LogP contribution in [0.5, 0.6) is 5.75 Å². The molecule has 1 aliphatic carbocycles. The number of hydrogen-bond donors (Lipinski definition) is 2. The van der Waals surface area contributed by atoms with E-state index in [2.05, 4.69) is 0 Å². The number of aliphatic hydroxyl groups is 1. The number of rotatable bonds is 3. The lowest BCUT2D eigenvalue weighted by atomic mass is 9.68. The summed E-state index contributed by atoms with van der Waals surface area (Å²) in [6.45, 7) is 2.46. The Morgan fingerprint density at radius 2 is 2.13 bits per heavy atom. The fourth-order valence-electron chi connectivity index (χ4n) is 3.21. The molecule has 1 heterocycles. The normalized spacial score (nSPS) is 22.3. The van der Waals surface area contributed by atoms with Crippen LogP contribution in [-0.4, -0.2) is 46.2 Å². The summed E-state index contributed by atoms with van der Waals surface area (Å²) >= 11 is 0. The molecular formula is C17H21NO5. The Hall–Kier alpha value is -2.08. The van der Waals surface area contributed by atoms with E-state index in [-0.39, 0.29) is 24.1 Å². The van der Waals surface area contributed by atoms with Crippen molar-refractivity contribution in [1.29, 1.82) is 0 Å². The molecule has 1 aliphatic heterocycles. The van der Waals surface area contributed by atoms with Gasteiger partial charge < -0.3 is 19.8 Å². The zero-order valence-electron chi connectivity index (χ0n) is 13.1. The van der Waals surface area contributed by atoms with Crippen LogP contribution in [0, 0.1) is 5.41 Å². The van der Waals surface area contributed by atoms with E-state index in [9.17, 15) is 14.7 Å². The number of ether oxygens (including phenoxy) is 1. The van der Waals surface area contributed by atoms with Crippen molar-refractivity contribution < 1.29 is 24.5 Å². The minimum absolute atomic E-state index is 0.0301. The second-order valence-corrected chi connectivity index (χ2v) is 6.51. The lowest BCUT2D eigenvalue weighted by molar-refractivity contribution is -0.154. The number of carbonyl (C=O) groups is 2. The number of carbonyl (C=O) groups excluding carboxylic acids is 1. The van der Waals surface area contributed by atoms with Gasteiger partial charge in [0.2, 0.25) is 5.91 Å². The molecule has 3 rings (SSSR count). The van der Waals surface area contributed by atoms with Crippen molar-refractivity contribution in [2.24, 2.45) is 5.41 Å². The maximum absolute atomic E-state index is 12.9. The summed E-state index contributed by atoms with van der Waals surface area (Å²) in [5.74, 6) is -0.522. The molecule has 2 N–H and O–H groups in total. The van der Waals surface area contributed by atoms with Crippen LogP contribution in [0.2, 0.25) is 0 Å². The monoisotopic (exact) mass is 319 g/mol. The quantitative estimate of drug-likeness (QED) is 0.885. The van der Waals surface area contributed by atoms with Gasteiger partial charge in [0.25, 0.3) is 0 Å². The van der Waals surface area contributed by atoms with E-state index in [4.69, 9.17) is 9.84 Å². The zero-order valence-corrected chi connectivity index (χ0v) is 13.1. The molecule has 0 radical (unpaired) electrons. The van der Waals surface area contributed by atoms with E-state index in [0.717, 1.165) is 24.8 Å². The van der Waals surface area contributed by atoms with Gasteiger partial charge >= 0.3 is 5.97 Å². The highest BCUT2D eigenvalue weighted by molar-refractivity contribution is 5.88. The molecule has 0 aromatic heterocycles. The van der Waals surface area contributed by atoms with Gasteiger partial charge in [0, 0.05) is 12.1 Å². The SMILES string of the molecule is C[C@H]1COc2cc(C(=O)O)ccc2CN1C(=O)C1(CO)CCC1. The van der Waals surface area contributed by atoms with Gasteiger partial charge in [-0.15, -0.1) is 0 Å². The molecule has 1 amide bonds. The first-order valence-electron chi connectivity index (χ1n) is 7.88. The van der Waals surface area contributed by atoms with Crippen molar-refractivity contribution in [3.63, 3.8) is 0 Å². The average Bonchev–Trinajstić information content (AvgIpc) is 2.65. The molecule has 2 aliphatic rings. The molecule has 0 unspecified atom stereocenters. The molecule has 0 bridgehead atoms. The first-order chi connectivity index (χ1) is 11.0. The Kier molecular flexibility index (Phi) is 4.02. The molecule has 124 valence electrons. The Balaban J connectivity index is 1.88. The highest BCUT2D eigenvalue weighted by Gasteiger charge is 2.47. The smallest absolute Gasteiger partial charge is 0.335 e. The molecule has 6 heteroatoms. The molecule has 1 aromatic carbocycles. The average molecular weight is 319 g/mol. The van der Waals surface area contributed by atoms with Crippen molar-refractivity contribution in [1.82, 2.24) is 4.90 Å². The fourth-order valence-corrected chi connectivity index (χ4v) is 3.21. The number of hydrogen-bond acceptors (Lipinski definition) is 4. The minimum Gasteiger partial charge on any atom is -0.491 e. The summed E-state index contributed by atoms with van der Waals surface area (Å²) < 4.78 is 5.71. The third kappa shape index (κ3) is 2.67. The number of carboxylic acid groups (broad SMARTS) is 1. The molecule has 1 atom stereocenters. The Labute approximate surface area is 134 Å². The molecule has 1 saturated carbocycles. The van der Waals surface area contributed by atoms with E-state index in [1.54, 1.807) is 11.0 Å². The summed E-state index contributed by atoms with van der Waals surface area (Å²) in [6, 6.07) is 4.59. The van der Waals surface area contributed by atoms with Crippen molar-refractivity contribution in [2.45, 2.75) is 38.8 Å². The Morgan fingerprint density at radius 3 is 2.70 bits per heavy atom. The van der Waals surface area contributed by atoms with Gasteiger partial charge in [-0.2, -0.15) is 0 Å². The molecule has 1 fully saturated rings. The lowest BCUT2D eigenvalue weighted by Gasteiger charge is -2.43. The van der Waals surface area contributed by atoms with Crippen LogP contribution in [0.3, 0.4) is 0 Å². The number of aliphatic hydroxyl groups excluding tert-OH is 1. The maximum Gasteiger partial charge on any atom is 0.335 e. The van der Waals surface area contributed by atoms with Crippen molar-refractivity contribution in [2.75, 3.05) is 13.2 Å². The number of fused-ring (bicyclic) bond motifs is 1. The second kappa shape index (κ2) is 5.85. The highest BCUT2D eigenvalue weighted by Crippen LogP contribution is 2.43. The van der Waals surface area contributed by atoms with Crippen molar-refractivity contribution in [3.8, 4) is 5.75 Å². The van der Waals surface area contributed by atoms with Crippen LogP contribution >= 0.6 is 0 Å². The van der Waals surface area contributed by atoms with Gasteiger partial charge in [-0.05, 0) is 31.9 Å². The van der Waals surface area contributed by atoms with Crippen LogP contribution in [0.25, 0.3) is 0 Å². The summed E-state index contributed by atoms with van der Waals surface area (Å²) in [7, 11) is 0. The summed E-state index contributed by atoms with van der Waals surface area (Å²) in [5, 5.41) is 18.7. The number of amides is 1. The first-order valence-corrected chi connectivity index (χ1v) is 7.88. The van der Waals surface area contributed by atoms with E-state index in [0.29, 0.717) is 18.9 Å². The minimum atomic E-state index is -1.00. The first kappa shape index (κ1) is 15.8. The molecule has 1 aromatic rings. The van der Waals surface area contributed by atoms with E-state index in [1.807, 2.05) is 6.92 Å². The van der Waals surface area contributed by atoms with E-state index >= 15 is 0 Å². The van der Waals surface area contributed by atoms with Gasteiger partial charge in [-0.25, -0.2) is 4.79 Å². The van der Waals surface area contributed by atoms with Gasteiger partial charge in [0.15, 0.2) is 0 Å². The number of nitrogens with zero attached hydrogens (tertiary/aromatic N) is 1. The third-order valence-electron chi connectivity index (χ3n) is 4.99. The Bertz CT molecular complexity index is 632. The molecule has 23 heavy (non-hydrogen) atoms. The summed E-state index contributed by atoms with van der Waals surface area (Å²) in [6.07, 6.45) is 2.40. The van der Waals surface area contributed by atoms with Gasteiger partial charge in [0.1, 0.15) is 12.4 Å². The predicted octanol–water partition coefficient (Wildman–Crippen LogP) is 1.66. The van der Waals surface area contributed by atoms with E-state index in [1.165, 1.54) is 12.1 Å². The number of benzene rings is 1. The van der Waals surface area contributed by atoms with Gasteiger partial charge in [0.05, 0.1) is 23.6 Å². The summed E-state index contributed by atoms with van der Waals surface area (Å²) in [5.41, 5.74) is 0.321. The largest absolute Gasteiger partial charge is 0.491 e. The molecular weight excluding hydrogens is 298 g/mol. The van der Waals surface area contributed by atoms with Crippen LogP contribution in [0.15, 0.2) is 18.2 Å². The molecule has 0 saturated heterocycles. The maximum atomic E-state index is 12.9. The predicted molar refractivity (Wildman–Crippen MR) is 82.3 cm³/mol. The van der Waals surface area contributed by atoms with Crippen LogP contribution in [0.1, 0.15) is 42.1 Å². The number of carboxylic acids is 1. The Morgan fingerprint density at radius 1 is 1.39 bits per heavy atom. The van der Waals surface area contributed by atoms with Gasteiger partial charge in [-0.1, -0.05) is 12.5 Å². The highest BCUT2D eigenvalue weighted by atomic mass is 16.5. The fraction of sp³-hybridized carbons (Fsp3) is 0.529. The number of aromatic carboxylic acids is 1. The van der Waals surface area contributed by atoms with E-state index < -0.39 is 11.4 Å². The zero-order chi connectivity index (χ0) is 16.6. The van der Waals surface area contributed by atoms with Crippen LogP contribution in [-0.2, 0) is 11.3 Å². The standard InChI is InChI=1S/C17H21NO5/c1-11-9-23-14-7-12(15(20)21)3-4-13(14)8-18(11)16(22)17(10-19)5-2-6-17/h3-4,7,11,19H,2,5-6,8-10H2,1H3,(H,20,21)/t11-/m0/s1. The lowest BCUT2D eigenvalue weighted by Crippen LogP contribution is -2.53. The molecule has 0 spiro atoms. The summed E-state index contributed by atoms with van der Waals surface area (Å²) in [4.78, 5) is 25.7. The molecule has 6 nitrogen and oxygen atoms in total. The van der Waals surface area contributed by atoms with Crippen molar-refractivity contribution >= 4 is 11.9 Å². The second-order valence-electron chi connectivity index (χ2n) is 6.51. The third-order valence-corrected chi connectivity index (χ3v) is 4.99. The van der Waals surface area contributed by atoms with Crippen molar-refractivity contribution in [3.05, 3.63) is 29.3 Å².